The first-order chi connectivity index (χ1) is 13.2. The van der Waals surface area contributed by atoms with Gasteiger partial charge in [-0.25, -0.2) is 16.8 Å². The fraction of sp³-hybridized carbons (Fsp3) is 0.632. The van der Waals surface area contributed by atoms with Gasteiger partial charge in [0.15, 0.2) is 9.84 Å². The predicted octanol–water partition coefficient (Wildman–Crippen LogP) is 2.15. The summed E-state index contributed by atoms with van der Waals surface area (Å²) >= 11 is 0. The van der Waals surface area contributed by atoms with E-state index in [1.54, 1.807) is 18.7 Å². The number of carbonyl (C=O) groups is 1. The molecule has 9 heteroatoms. The van der Waals surface area contributed by atoms with Gasteiger partial charge < -0.3 is 4.90 Å². The molecule has 1 aliphatic heterocycles. The van der Waals surface area contributed by atoms with Crippen LogP contribution in [0.25, 0.3) is 0 Å². The fourth-order valence-electron chi connectivity index (χ4n) is 3.45. The smallest absolute Gasteiger partial charge is 0.254 e. The van der Waals surface area contributed by atoms with E-state index in [2.05, 4.69) is 0 Å². The Kier molecular flexibility index (Phi) is 7.64. The molecule has 1 heterocycles. The maximum absolute atomic E-state index is 13.0. The van der Waals surface area contributed by atoms with Crippen LogP contribution in [0.2, 0.25) is 0 Å². The lowest BCUT2D eigenvalue weighted by molar-refractivity contribution is 0.0694. The zero-order chi connectivity index (χ0) is 20.9. The first-order valence-electron chi connectivity index (χ1n) is 9.77. The van der Waals surface area contributed by atoms with Crippen LogP contribution in [-0.2, 0) is 19.9 Å². The highest BCUT2D eigenvalue weighted by atomic mass is 32.2. The number of unbranched alkanes of at least 4 members (excludes halogenated alkanes) is 1. The van der Waals surface area contributed by atoms with Crippen molar-refractivity contribution in [3.63, 3.8) is 0 Å². The van der Waals surface area contributed by atoms with E-state index in [4.69, 9.17) is 0 Å². The SMILES string of the molecule is CCCCN(C(=O)c1ccc(S(=O)(=O)N(CC)CC)cc1)C1CCS(=O)(=O)C1. The molecule has 1 aromatic rings. The number of amides is 1. The maximum atomic E-state index is 13.0. The van der Waals surface area contributed by atoms with Gasteiger partial charge in [0, 0.05) is 31.2 Å². The number of nitrogens with zero attached hydrogens (tertiary/aromatic N) is 2. The molecule has 7 nitrogen and oxygen atoms in total. The van der Waals surface area contributed by atoms with Crippen LogP contribution in [0.1, 0.15) is 50.4 Å². The standard InChI is InChI=1S/C19H30N2O5S2/c1-4-7-13-21(17-12-14-27(23,24)15-17)19(22)16-8-10-18(11-9-16)28(25,26)20(5-2)6-3/h8-11,17H,4-7,12-15H2,1-3H3. The summed E-state index contributed by atoms with van der Waals surface area (Å²) in [5.41, 5.74) is 0.374. The average molecular weight is 431 g/mol. The molecule has 1 amide bonds. The van der Waals surface area contributed by atoms with E-state index < -0.39 is 19.9 Å². The van der Waals surface area contributed by atoms with Crippen LogP contribution >= 0.6 is 0 Å². The molecule has 1 aromatic carbocycles. The zero-order valence-electron chi connectivity index (χ0n) is 16.8. The molecule has 0 radical (unpaired) electrons. The van der Waals surface area contributed by atoms with Gasteiger partial charge >= 0.3 is 0 Å². The van der Waals surface area contributed by atoms with E-state index in [0.29, 0.717) is 31.6 Å². The fourth-order valence-corrected chi connectivity index (χ4v) is 6.64. The average Bonchev–Trinajstić information content (AvgIpc) is 3.02. The van der Waals surface area contributed by atoms with E-state index >= 15 is 0 Å². The third-order valence-electron chi connectivity index (χ3n) is 5.11. The summed E-state index contributed by atoms with van der Waals surface area (Å²) in [6, 6.07) is 5.61. The third-order valence-corrected chi connectivity index (χ3v) is 8.92. The molecule has 0 N–H and O–H groups in total. The quantitative estimate of drug-likeness (QED) is 0.599. The van der Waals surface area contributed by atoms with Gasteiger partial charge in [-0.1, -0.05) is 27.2 Å². The van der Waals surface area contributed by atoms with Gasteiger partial charge in [-0.05, 0) is 37.1 Å². The molecule has 1 unspecified atom stereocenters. The summed E-state index contributed by atoms with van der Waals surface area (Å²) in [7, 11) is -6.68. The highest BCUT2D eigenvalue weighted by Crippen LogP contribution is 2.22. The Balaban J connectivity index is 2.25. The van der Waals surface area contributed by atoms with Gasteiger partial charge in [0.05, 0.1) is 16.4 Å². The lowest BCUT2D eigenvalue weighted by Gasteiger charge is -2.28. The first kappa shape index (κ1) is 22.8. The van der Waals surface area contributed by atoms with Crippen molar-refractivity contribution in [3.8, 4) is 0 Å². The number of carbonyl (C=O) groups excluding carboxylic acids is 1. The monoisotopic (exact) mass is 430 g/mol. The minimum absolute atomic E-state index is 0.00310. The molecule has 0 aliphatic carbocycles. The molecule has 1 atom stereocenters. The van der Waals surface area contributed by atoms with Crippen LogP contribution in [0.4, 0.5) is 0 Å². The molecule has 1 fully saturated rings. The van der Waals surface area contributed by atoms with Crippen LogP contribution < -0.4 is 0 Å². The van der Waals surface area contributed by atoms with E-state index in [-0.39, 0.29) is 28.4 Å². The van der Waals surface area contributed by atoms with Crippen molar-refractivity contribution in [1.29, 1.82) is 0 Å². The first-order valence-corrected chi connectivity index (χ1v) is 13.0. The molecule has 1 saturated heterocycles. The maximum Gasteiger partial charge on any atom is 0.254 e. The van der Waals surface area contributed by atoms with Crippen molar-refractivity contribution in [2.75, 3.05) is 31.1 Å². The Hall–Kier alpha value is -1.45. The summed E-state index contributed by atoms with van der Waals surface area (Å²) in [6.45, 7) is 6.82. The van der Waals surface area contributed by atoms with Crippen LogP contribution in [0, 0.1) is 0 Å². The summed E-state index contributed by atoms with van der Waals surface area (Å²) in [4.78, 5) is 14.8. The van der Waals surface area contributed by atoms with E-state index in [9.17, 15) is 21.6 Å². The number of benzene rings is 1. The van der Waals surface area contributed by atoms with Crippen LogP contribution in [0.15, 0.2) is 29.2 Å². The lowest BCUT2D eigenvalue weighted by Crippen LogP contribution is -2.41. The molecule has 28 heavy (non-hydrogen) atoms. The van der Waals surface area contributed by atoms with Gasteiger partial charge in [0.1, 0.15) is 0 Å². The Labute approximate surface area is 168 Å². The van der Waals surface area contributed by atoms with Crippen LogP contribution in [0.5, 0.6) is 0 Å². The molecule has 0 spiro atoms. The topological polar surface area (TPSA) is 91.8 Å². The molecule has 0 saturated carbocycles. The number of hydrogen-bond acceptors (Lipinski definition) is 5. The molecule has 2 rings (SSSR count). The summed E-state index contributed by atoms with van der Waals surface area (Å²) < 4.78 is 50.2. The number of sulfonamides is 1. The molecular weight excluding hydrogens is 400 g/mol. The Bertz CT molecular complexity index is 875. The normalized spacial score (nSPS) is 19.1. The second-order valence-electron chi connectivity index (χ2n) is 7.02. The highest BCUT2D eigenvalue weighted by Gasteiger charge is 2.34. The van der Waals surface area contributed by atoms with Crippen LogP contribution in [0.3, 0.4) is 0 Å². The zero-order valence-corrected chi connectivity index (χ0v) is 18.4. The second kappa shape index (κ2) is 9.37. The third kappa shape index (κ3) is 5.12. The Morgan fingerprint density at radius 1 is 1.11 bits per heavy atom. The van der Waals surface area contributed by atoms with Gasteiger partial charge in [-0.15, -0.1) is 0 Å². The van der Waals surface area contributed by atoms with Crippen molar-refractivity contribution in [3.05, 3.63) is 29.8 Å². The van der Waals surface area contributed by atoms with Crippen molar-refractivity contribution in [1.82, 2.24) is 9.21 Å². The van der Waals surface area contributed by atoms with Crippen molar-refractivity contribution >= 4 is 25.8 Å². The highest BCUT2D eigenvalue weighted by molar-refractivity contribution is 7.91. The summed E-state index contributed by atoms with van der Waals surface area (Å²) in [5, 5.41) is 0. The van der Waals surface area contributed by atoms with Gasteiger partial charge in [0.25, 0.3) is 5.91 Å². The van der Waals surface area contributed by atoms with Crippen molar-refractivity contribution < 1.29 is 21.6 Å². The van der Waals surface area contributed by atoms with Gasteiger partial charge in [0.2, 0.25) is 10.0 Å². The molecular formula is C19H30N2O5S2. The Morgan fingerprint density at radius 3 is 2.18 bits per heavy atom. The van der Waals surface area contributed by atoms with Crippen molar-refractivity contribution in [2.24, 2.45) is 0 Å². The summed E-state index contributed by atoms with van der Waals surface area (Å²) in [5.74, 6) is -0.145. The largest absolute Gasteiger partial charge is 0.335 e. The predicted molar refractivity (Wildman–Crippen MR) is 110 cm³/mol. The van der Waals surface area contributed by atoms with Crippen LogP contribution in [-0.4, -0.2) is 69.1 Å². The number of sulfone groups is 1. The summed E-state index contributed by atoms with van der Waals surface area (Å²) in [6.07, 6.45) is 2.13. The van der Waals surface area contributed by atoms with Crippen molar-refractivity contribution in [2.45, 2.75) is 51.0 Å². The minimum Gasteiger partial charge on any atom is -0.335 e. The number of hydrogen-bond donors (Lipinski definition) is 0. The second-order valence-corrected chi connectivity index (χ2v) is 11.2. The molecule has 158 valence electrons. The van der Waals surface area contributed by atoms with E-state index in [0.717, 1.165) is 12.8 Å². The minimum atomic E-state index is -3.58. The van der Waals surface area contributed by atoms with Gasteiger partial charge in [-0.3, -0.25) is 4.79 Å². The Morgan fingerprint density at radius 2 is 1.71 bits per heavy atom. The van der Waals surface area contributed by atoms with Gasteiger partial charge in [-0.2, -0.15) is 4.31 Å². The molecule has 0 bridgehead atoms. The molecule has 1 aliphatic rings. The van der Waals surface area contributed by atoms with E-state index in [1.165, 1.54) is 28.6 Å². The molecule has 0 aromatic heterocycles. The number of rotatable bonds is 9. The van der Waals surface area contributed by atoms with E-state index in [1.807, 2.05) is 6.92 Å². The lowest BCUT2D eigenvalue weighted by atomic mass is 10.1.